The molecule has 0 saturated heterocycles. The maximum Gasteiger partial charge on any atom is 0.343 e. The van der Waals surface area contributed by atoms with Crippen molar-refractivity contribution < 1.29 is 28.6 Å². The van der Waals surface area contributed by atoms with E-state index in [1.807, 2.05) is 0 Å². The summed E-state index contributed by atoms with van der Waals surface area (Å²) in [7, 11) is 0. The molecule has 3 rings (SSSR count). The van der Waals surface area contributed by atoms with E-state index in [0.717, 1.165) is 0 Å². The minimum atomic E-state index is -0.818. The fourth-order valence-electron chi connectivity index (χ4n) is 3.29. The van der Waals surface area contributed by atoms with Crippen LogP contribution < -0.4 is 5.63 Å². The van der Waals surface area contributed by atoms with Gasteiger partial charge in [-0.1, -0.05) is 24.3 Å². The van der Waals surface area contributed by atoms with Gasteiger partial charge in [-0.2, -0.15) is 0 Å². The Morgan fingerprint density at radius 2 is 1.67 bits per heavy atom. The molecule has 7 heteroatoms. The van der Waals surface area contributed by atoms with Gasteiger partial charge in [-0.05, 0) is 43.7 Å². The average molecular weight is 410 g/mol. The van der Waals surface area contributed by atoms with Crippen LogP contribution in [-0.2, 0) is 14.3 Å². The summed E-state index contributed by atoms with van der Waals surface area (Å²) in [4.78, 5) is 36.9. The van der Waals surface area contributed by atoms with Crippen molar-refractivity contribution in [3.05, 3.63) is 75.6 Å². The standard InChI is InChI=1S/C23H22O7/c1-3-28-19(24)13-17(14-9-11-15(12-10-14)22(26)29-4-2)20-21(25)16-7-5-6-8-18(16)30-23(20)27/h5-12,17,25H,3-4,13H2,1-2H3. The van der Waals surface area contributed by atoms with E-state index in [1.165, 1.54) is 0 Å². The topological polar surface area (TPSA) is 103 Å². The molecule has 0 radical (unpaired) electrons. The third-order valence-electron chi connectivity index (χ3n) is 4.67. The van der Waals surface area contributed by atoms with Gasteiger partial charge in [0.25, 0.3) is 0 Å². The van der Waals surface area contributed by atoms with Crippen molar-refractivity contribution in [1.29, 1.82) is 0 Å². The molecule has 2 aromatic carbocycles. The largest absolute Gasteiger partial charge is 0.507 e. The van der Waals surface area contributed by atoms with Gasteiger partial charge in [-0.15, -0.1) is 0 Å². The number of esters is 2. The van der Waals surface area contributed by atoms with Gasteiger partial charge in [0.1, 0.15) is 11.3 Å². The molecule has 1 N–H and O–H groups in total. The Kier molecular flexibility index (Phi) is 6.51. The molecule has 3 aromatic rings. The van der Waals surface area contributed by atoms with Crippen LogP contribution in [0.1, 0.15) is 47.7 Å². The van der Waals surface area contributed by atoms with Gasteiger partial charge >= 0.3 is 17.6 Å². The minimum Gasteiger partial charge on any atom is -0.507 e. The SMILES string of the molecule is CCOC(=O)CC(c1ccc(C(=O)OCC)cc1)c1c(O)c2ccccc2oc1=O. The monoisotopic (exact) mass is 410 g/mol. The van der Waals surface area contributed by atoms with Crippen LogP contribution in [-0.4, -0.2) is 30.3 Å². The van der Waals surface area contributed by atoms with Crippen LogP contribution in [0.4, 0.5) is 0 Å². The van der Waals surface area contributed by atoms with Gasteiger partial charge in [0, 0.05) is 5.92 Å². The fourth-order valence-corrected chi connectivity index (χ4v) is 3.29. The second kappa shape index (κ2) is 9.26. The molecule has 1 heterocycles. The number of para-hydroxylation sites is 1. The van der Waals surface area contributed by atoms with E-state index in [4.69, 9.17) is 13.9 Å². The summed E-state index contributed by atoms with van der Waals surface area (Å²) in [5, 5.41) is 11.2. The quantitative estimate of drug-likeness (QED) is 0.467. The highest BCUT2D eigenvalue weighted by Gasteiger charge is 2.27. The van der Waals surface area contributed by atoms with Crippen LogP contribution >= 0.6 is 0 Å². The predicted molar refractivity (Wildman–Crippen MR) is 110 cm³/mol. The van der Waals surface area contributed by atoms with E-state index in [0.29, 0.717) is 16.5 Å². The summed E-state index contributed by atoms with van der Waals surface area (Å²) in [6, 6.07) is 12.9. The molecule has 0 spiro atoms. The Labute approximate surface area is 172 Å². The van der Waals surface area contributed by atoms with E-state index in [-0.39, 0.29) is 36.5 Å². The molecule has 0 aliphatic heterocycles. The molecule has 0 amide bonds. The number of aromatic hydroxyl groups is 1. The summed E-state index contributed by atoms with van der Waals surface area (Å²) in [5.41, 5.74) is 0.358. The van der Waals surface area contributed by atoms with E-state index in [1.54, 1.807) is 62.4 Å². The first-order chi connectivity index (χ1) is 14.5. The van der Waals surface area contributed by atoms with Crippen LogP contribution in [0.25, 0.3) is 11.0 Å². The van der Waals surface area contributed by atoms with Crippen LogP contribution in [0.5, 0.6) is 5.75 Å². The van der Waals surface area contributed by atoms with Crippen LogP contribution in [0.15, 0.2) is 57.7 Å². The Hall–Kier alpha value is -3.61. The number of benzene rings is 2. The summed E-state index contributed by atoms with van der Waals surface area (Å²) in [6.45, 7) is 3.83. The number of rotatable bonds is 7. The van der Waals surface area contributed by atoms with E-state index in [9.17, 15) is 19.5 Å². The van der Waals surface area contributed by atoms with Crippen molar-refractivity contribution in [2.75, 3.05) is 13.2 Å². The summed E-state index contributed by atoms with van der Waals surface area (Å²) >= 11 is 0. The first-order valence-electron chi connectivity index (χ1n) is 9.63. The maximum absolute atomic E-state index is 12.7. The highest BCUT2D eigenvalue weighted by atomic mass is 16.5. The van der Waals surface area contributed by atoms with Gasteiger partial charge in [0.05, 0.1) is 36.1 Å². The predicted octanol–water partition coefficient (Wildman–Crippen LogP) is 3.76. The highest BCUT2D eigenvalue weighted by Crippen LogP contribution is 2.36. The number of carbonyl (C=O) groups excluding carboxylic acids is 2. The third kappa shape index (κ3) is 4.35. The fraction of sp³-hybridized carbons (Fsp3) is 0.261. The number of hydrogen-bond donors (Lipinski definition) is 1. The zero-order valence-corrected chi connectivity index (χ0v) is 16.7. The molecular weight excluding hydrogens is 388 g/mol. The van der Waals surface area contributed by atoms with E-state index in [2.05, 4.69) is 0 Å². The second-order valence-corrected chi connectivity index (χ2v) is 6.55. The van der Waals surface area contributed by atoms with Crippen LogP contribution in [0.2, 0.25) is 0 Å². The van der Waals surface area contributed by atoms with Crippen LogP contribution in [0.3, 0.4) is 0 Å². The van der Waals surface area contributed by atoms with Gasteiger partial charge in [-0.3, -0.25) is 4.79 Å². The number of hydrogen-bond acceptors (Lipinski definition) is 7. The maximum atomic E-state index is 12.7. The molecule has 0 bridgehead atoms. The van der Waals surface area contributed by atoms with Gasteiger partial charge in [0.2, 0.25) is 0 Å². The number of carbonyl (C=O) groups is 2. The zero-order valence-electron chi connectivity index (χ0n) is 16.7. The summed E-state index contributed by atoms with van der Waals surface area (Å²) in [5.74, 6) is -2.06. The summed E-state index contributed by atoms with van der Waals surface area (Å²) in [6.07, 6.45) is -0.177. The molecule has 0 aliphatic carbocycles. The molecule has 1 unspecified atom stereocenters. The van der Waals surface area contributed by atoms with Gasteiger partial charge in [-0.25, -0.2) is 9.59 Å². The van der Waals surface area contributed by atoms with Crippen molar-refractivity contribution in [2.24, 2.45) is 0 Å². The first-order valence-corrected chi connectivity index (χ1v) is 9.63. The normalized spacial score (nSPS) is 11.8. The Balaban J connectivity index is 2.10. The Morgan fingerprint density at radius 3 is 2.33 bits per heavy atom. The second-order valence-electron chi connectivity index (χ2n) is 6.55. The smallest absolute Gasteiger partial charge is 0.343 e. The molecule has 30 heavy (non-hydrogen) atoms. The molecule has 0 fully saturated rings. The van der Waals surface area contributed by atoms with Crippen molar-refractivity contribution in [1.82, 2.24) is 0 Å². The lowest BCUT2D eigenvalue weighted by atomic mass is 9.87. The lowest BCUT2D eigenvalue weighted by Crippen LogP contribution is -2.18. The molecule has 1 atom stereocenters. The van der Waals surface area contributed by atoms with Crippen LogP contribution in [0, 0.1) is 0 Å². The number of fused-ring (bicyclic) bond motifs is 1. The number of ether oxygens (including phenoxy) is 2. The highest BCUT2D eigenvalue weighted by molar-refractivity contribution is 5.89. The molecule has 156 valence electrons. The average Bonchev–Trinajstić information content (AvgIpc) is 2.73. The first kappa shape index (κ1) is 21.1. The van der Waals surface area contributed by atoms with Crippen molar-refractivity contribution >= 4 is 22.9 Å². The van der Waals surface area contributed by atoms with Crippen molar-refractivity contribution in [2.45, 2.75) is 26.2 Å². The molecule has 0 saturated carbocycles. The van der Waals surface area contributed by atoms with Gasteiger partial charge < -0.3 is 19.0 Å². The summed E-state index contributed by atoms with van der Waals surface area (Å²) < 4.78 is 15.4. The van der Waals surface area contributed by atoms with Crippen molar-refractivity contribution in [3.8, 4) is 5.75 Å². The molecule has 0 aliphatic rings. The van der Waals surface area contributed by atoms with E-state index < -0.39 is 23.5 Å². The van der Waals surface area contributed by atoms with Crippen molar-refractivity contribution in [3.63, 3.8) is 0 Å². The zero-order chi connectivity index (χ0) is 21.7. The molecule has 1 aromatic heterocycles. The Morgan fingerprint density at radius 1 is 1.00 bits per heavy atom. The molecular formula is C23H22O7. The van der Waals surface area contributed by atoms with Gasteiger partial charge in [0.15, 0.2) is 0 Å². The Bertz CT molecular complexity index is 1110. The molecule has 7 nitrogen and oxygen atoms in total. The lowest BCUT2D eigenvalue weighted by molar-refractivity contribution is -0.143. The van der Waals surface area contributed by atoms with E-state index >= 15 is 0 Å². The minimum absolute atomic E-state index is 0.0364. The lowest BCUT2D eigenvalue weighted by Gasteiger charge is -2.18. The third-order valence-corrected chi connectivity index (χ3v) is 4.67.